The van der Waals surface area contributed by atoms with Crippen LogP contribution in [0.25, 0.3) is 22.4 Å². The molecule has 3 aromatic heterocycles. The molecule has 3 heterocycles. The van der Waals surface area contributed by atoms with Gasteiger partial charge in [-0.25, -0.2) is 23.4 Å². The number of rotatable bonds is 8. The summed E-state index contributed by atoms with van der Waals surface area (Å²) in [5.41, 5.74) is 3.77. The molecule has 0 aliphatic carbocycles. The van der Waals surface area contributed by atoms with Crippen LogP contribution >= 0.6 is 0 Å². The minimum Gasteiger partial charge on any atom is -0.373 e. The number of ether oxygens (including phenoxy) is 1. The van der Waals surface area contributed by atoms with Crippen molar-refractivity contribution < 1.29 is 13.2 Å². The first-order chi connectivity index (χ1) is 16.2. The van der Waals surface area contributed by atoms with Crippen molar-refractivity contribution >= 4 is 32.4 Å². The molecule has 1 N–H and O–H groups in total. The third-order valence-electron chi connectivity index (χ3n) is 5.09. The third-order valence-corrected chi connectivity index (χ3v) is 6.21. The van der Waals surface area contributed by atoms with Gasteiger partial charge in [-0.1, -0.05) is 19.9 Å². The van der Waals surface area contributed by atoms with Gasteiger partial charge in [-0.3, -0.25) is 4.98 Å². The Morgan fingerprint density at radius 1 is 1.00 bits per heavy atom. The Bertz CT molecular complexity index is 1420. The topological polar surface area (TPSA) is 107 Å². The highest BCUT2D eigenvalue weighted by Gasteiger charge is 2.14. The maximum absolute atomic E-state index is 11.8. The van der Waals surface area contributed by atoms with E-state index in [0.29, 0.717) is 35.5 Å². The van der Waals surface area contributed by atoms with Gasteiger partial charge in [-0.05, 0) is 60.9 Å². The molecule has 0 fully saturated rings. The highest BCUT2D eigenvalue weighted by Crippen LogP contribution is 2.27. The van der Waals surface area contributed by atoms with Crippen LogP contribution in [0.3, 0.4) is 0 Å². The van der Waals surface area contributed by atoms with Gasteiger partial charge >= 0.3 is 0 Å². The van der Waals surface area contributed by atoms with Crippen LogP contribution in [0.2, 0.25) is 0 Å². The quantitative estimate of drug-likeness (QED) is 0.389. The Morgan fingerprint density at radius 2 is 1.76 bits per heavy atom. The van der Waals surface area contributed by atoms with Crippen LogP contribution < -0.4 is 5.32 Å². The molecule has 0 aliphatic rings. The number of anilines is 2. The molecular formula is C25H27N5O3S. The maximum atomic E-state index is 11.8. The Kier molecular flexibility index (Phi) is 6.85. The fourth-order valence-corrected chi connectivity index (χ4v) is 4.04. The molecule has 9 heteroatoms. The second-order valence-electron chi connectivity index (χ2n) is 8.56. The average Bonchev–Trinajstić information content (AvgIpc) is 2.78. The number of fused-ring (bicyclic) bond motifs is 1. The van der Waals surface area contributed by atoms with Gasteiger partial charge in [0, 0.05) is 24.7 Å². The number of hydrogen-bond donors (Lipinski definition) is 1. The molecule has 0 saturated carbocycles. The molecule has 0 spiro atoms. The highest BCUT2D eigenvalue weighted by atomic mass is 32.2. The van der Waals surface area contributed by atoms with Crippen LogP contribution in [0.4, 0.5) is 11.5 Å². The SMILES string of the molecule is Cc1cccnc1-c1ccc2c(Nc3ccc(S(C)(=O)=O)cc3)nc(COCC(C)C)nc2n1. The van der Waals surface area contributed by atoms with E-state index in [1.165, 1.54) is 6.26 Å². The van der Waals surface area contributed by atoms with Gasteiger partial charge in [0.2, 0.25) is 0 Å². The van der Waals surface area contributed by atoms with Crippen LogP contribution in [0.5, 0.6) is 0 Å². The highest BCUT2D eigenvalue weighted by molar-refractivity contribution is 7.90. The minimum absolute atomic E-state index is 0.254. The van der Waals surface area contributed by atoms with Crippen LogP contribution in [0.15, 0.2) is 59.6 Å². The number of nitrogens with zero attached hydrogens (tertiary/aromatic N) is 4. The van der Waals surface area contributed by atoms with Crippen molar-refractivity contribution in [3.63, 3.8) is 0 Å². The van der Waals surface area contributed by atoms with E-state index in [0.717, 1.165) is 22.3 Å². The smallest absolute Gasteiger partial charge is 0.175 e. The summed E-state index contributed by atoms with van der Waals surface area (Å²) in [5.74, 6) is 1.46. The van der Waals surface area contributed by atoms with E-state index < -0.39 is 9.84 Å². The lowest BCUT2D eigenvalue weighted by Crippen LogP contribution is -2.08. The Morgan fingerprint density at radius 3 is 2.44 bits per heavy atom. The first-order valence-electron chi connectivity index (χ1n) is 11.0. The zero-order valence-corrected chi connectivity index (χ0v) is 20.4. The standard InChI is InChI=1S/C25H27N5O3S/c1-16(2)14-33-15-22-29-24(27-18-7-9-19(10-8-18)34(4,31)32)20-11-12-21(28-25(20)30-22)23-17(3)6-5-13-26-23/h5-13,16H,14-15H2,1-4H3,(H,27,28,29,30). The number of nitrogens with one attached hydrogen (secondary N) is 1. The number of aromatic nitrogens is 4. The largest absolute Gasteiger partial charge is 0.373 e. The van der Waals surface area contributed by atoms with Crippen molar-refractivity contribution in [2.24, 2.45) is 5.92 Å². The van der Waals surface area contributed by atoms with Crippen LogP contribution in [0, 0.1) is 12.8 Å². The predicted octanol–water partition coefficient (Wildman–Crippen LogP) is 4.71. The van der Waals surface area contributed by atoms with Gasteiger partial charge in [0.05, 0.1) is 21.7 Å². The molecule has 0 aliphatic heterocycles. The van der Waals surface area contributed by atoms with E-state index in [-0.39, 0.29) is 11.5 Å². The molecular weight excluding hydrogens is 450 g/mol. The van der Waals surface area contributed by atoms with Crippen molar-refractivity contribution in [1.82, 2.24) is 19.9 Å². The second-order valence-corrected chi connectivity index (χ2v) is 10.6. The van der Waals surface area contributed by atoms with Crippen molar-refractivity contribution in [2.45, 2.75) is 32.3 Å². The van der Waals surface area contributed by atoms with Crippen molar-refractivity contribution in [1.29, 1.82) is 0 Å². The Hall–Kier alpha value is -3.43. The van der Waals surface area contributed by atoms with E-state index in [1.54, 1.807) is 30.5 Å². The summed E-state index contributed by atoms with van der Waals surface area (Å²) >= 11 is 0. The molecule has 4 rings (SSSR count). The summed E-state index contributed by atoms with van der Waals surface area (Å²) in [5, 5.41) is 4.01. The molecule has 0 unspecified atom stereocenters. The molecule has 0 bridgehead atoms. The summed E-state index contributed by atoms with van der Waals surface area (Å²) in [6.07, 6.45) is 2.93. The third kappa shape index (κ3) is 5.55. The van der Waals surface area contributed by atoms with Crippen LogP contribution in [0.1, 0.15) is 25.2 Å². The lowest BCUT2D eigenvalue weighted by atomic mass is 10.1. The Labute approximate surface area is 199 Å². The van der Waals surface area contributed by atoms with Gasteiger partial charge < -0.3 is 10.1 Å². The van der Waals surface area contributed by atoms with Gasteiger partial charge in [0.25, 0.3) is 0 Å². The molecule has 4 aromatic rings. The fourth-order valence-electron chi connectivity index (χ4n) is 3.41. The van der Waals surface area contributed by atoms with E-state index >= 15 is 0 Å². The molecule has 0 amide bonds. The molecule has 0 radical (unpaired) electrons. The molecule has 0 atom stereocenters. The lowest BCUT2D eigenvalue weighted by Gasteiger charge is -2.13. The summed E-state index contributed by atoms with van der Waals surface area (Å²) in [6, 6.07) is 14.2. The monoisotopic (exact) mass is 477 g/mol. The lowest BCUT2D eigenvalue weighted by molar-refractivity contribution is 0.0925. The van der Waals surface area contributed by atoms with Crippen LogP contribution in [-0.4, -0.2) is 41.2 Å². The zero-order valence-electron chi connectivity index (χ0n) is 19.6. The van der Waals surface area contributed by atoms with Gasteiger partial charge in [-0.2, -0.15) is 0 Å². The second kappa shape index (κ2) is 9.82. The van der Waals surface area contributed by atoms with Gasteiger partial charge in [0.1, 0.15) is 12.4 Å². The van der Waals surface area contributed by atoms with Crippen molar-refractivity contribution in [3.8, 4) is 11.4 Å². The number of benzene rings is 1. The number of pyridine rings is 2. The van der Waals surface area contributed by atoms with Crippen molar-refractivity contribution in [2.75, 3.05) is 18.2 Å². The fraction of sp³-hybridized carbons (Fsp3) is 0.280. The first kappa shape index (κ1) is 23.7. The normalized spacial score (nSPS) is 11.8. The first-order valence-corrected chi connectivity index (χ1v) is 12.8. The van der Waals surface area contributed by atoms with Gasteiger partial charge in [0.15, 0.2) is 21.3 Å². The predicted molar refractivity (Wildman–Crippen MR) is 133 cm³/mol. The zero-order chi connectivity index (χ0) is 24.3. The van der Waals surface area contributed by atoms with Gasteiger partial charge in [-0.15, -0.1) is 0 Å². The summed E-state index contributed by atoms with van der Waals surface area (Å²) in [6.45, 7) is 7.00. The number of hydrogen-bond acceptors (Lipinski definition) is 8. The summed E-state index contributed by atoms with van der Waals surface area (Å²) in [4.78, 5) is 18.8. The molecule has 176 valence electrons. The number of aryl methyl sites for hydroxylation is 1. The van der Waals surface area contributed by atoms with E-state index in [4.69, 9.17) is 9.72 Å². The molecule has 1 aromatic carbocycles. The minimum atomic E-state index is -3.27. The number of sulfone groups is 1. The van der Waals surface area contributed by atoms with E-state index in [9.17, 15) is 8.42 Å². The molecule has 8 nitrogen and oxygen atoms in total. The van der Waals surface area contributed by atoms with E-state index in [1.807, 2.05) is 31.2 Å². The Balaban J connectivity index is 1.74. The summed E-state index contributed by atoms with van der Waals surface area (Å²) in [7, 11) is -3.27. The molecule has 0 saturated heterocycles. The summed E-state index contributed by atoms with van der Waals surface area (Å²) < 4.78 is 29.3. The molecule has 34 heavy (non-hydrogen) atoms. The van der Waals surface area contributed by atoms with Crippen molar-refractivity contribution in [3.05, 3.63) is 66.1 Å². The average molecular weight is 478 g/mol. The van der Waals surface area contributed by atoms with E-state index in [2.05, 4.69) is 34.1 Å². The van der Waals surface area contributed by atoms with Crippen LogP contribution in [-0.2, 0) is 21.2 Å². The maximum Gasteiger partial charge on any atom is 0.175 e.